The molecule has 0 amide bonds. The first kappa shape index (κ1) is 26.7. The molecule has 0 radical (unpaired) electrons. The maximum Gasteiger partial charge on any atom is 0.306 e. The lowest BCUT2D eigenvalue weighted by molar-refractivity contribution is -0.220. The van der Waals surface area contributed by atoms with Crippen molar-refractivity contribution in [2.45, 2.75) is 83.1 Å². The van der Waals surface area contributed by atoms with E-state index < -0.39 is 70.3 Å². The SMILES string of the molecule is C[C@@H]1CC2C3CCC4=CC(=O)C=C[C@]4(C)[C@@]3(F)[C@@H](O)C[C@]2(C)[C@@]1(O)C(=O)COC(=O)CCCC(=O)O. The highest BCUT2D eigenvalue weighted by atomic mass is 19.1. The van der Waals surface area contributed by atoms with E-state index in [9.17, 15) is 29.4 Å². The standard InChI is InChI=1S/C27H35FO8/c1-15-11-19-18-8-7-16-12-17(29)9-10-24(16,2)26(18,28)20(30)13-25(19,3)27(15,35)21(31)14-36-23(34)6-4-5-22(32)33/h9-10,12,15,18-20,30,35H,4-8,11,13-14H2,1-3H3,(H,32,33)/t15-,18?,19?,20+,24+,25+,26+,27+/m1/s1. The summed E-state index contributed by atoms with van der Waals surface area (Å²) in [5.74, 6) is -4.29. The van der Waals surface area contributed by atoms with E-state index in [2.05, 4.69) is 0 Å². The Balaban J connectivity index is 1.58. The van der Waals surface area contributed by atoms with Crippen molar-refractivity contribution in [2.24, 2.45) is 28.6 Å². The molecule has 0 aromatic carbocycles. The molecule has 0 aromatic heterocycles. The number of hydrogen-bond donors (Lipinski definition) is 3. The molecule has 0 aliphatic heterocycles. The summed E-state index contributed by atoms with van der Waals surface area (Å²) in [5, 5.41) is 31.9. The maximum atomic E-state index is 17.1. The first-order valence-electron chi connectivity index (χ1n) is 12.7. The molecule has 8 atom stereocenters. The van der Waals surface area contributed by atoms with Gasteiger partial charge < -0.3 is 20.1 Å². The molecule has 3 N–H and O–H groups in total. The van der Waals surface area contributed by atoms with Gasteiger partial charge in [0.05, 0.1) is 6.10 Å². The van der Waals surface area contributed by atoms with Crippen LogP contribution in [0.1, 0.15) is 65.7 Å². The number of halogens is 1. The first-order valence-corrected chi connectivity index (χ1v) is 12.7. The summed E-state index contributed by atoms with van der Waals surface area (Å²) in [6.45, 7) is 4.47. The van der Waals surface area contributed by atoms with E-state index in [4.69, 9.17) is 9.84 Å². The average molecular weight is 507 g/mol. The number of aliphatic carboxylic acids is 1. The van der Waals surface area contributed by atoms with Gasteiger partial charge in [0.15, 0.2) is 18.1 Å². The molecule has 0 aromatic rings. The zero-order valence-electron chi connectivity index (χ0n) is 21.0. The molecular weight excluding hydrogens is 471 g/mol. The van der Waals surface area contributed by atoms with Gasteiger partial charge in [0.25, 0.3) is 0 Å². The minimum Gasteiger partial charge on any atom is -0.481 e. The van der Waals surface area contributed by atoms with Crippen LogP contribution in [0.15, 0.2) is 23.8 Å². The number of aliphatic hydroxyl groups excluding tert-OH is 1. The van der Waals surface area contributed by atoms with Gasteiger partial charge in [0.2, 0.25) is 5.78 Å². The molecule has 2 unspecified atom stereocenters. The number of fused-ring (bicyclic) bond motifs is 5. The second-order valence-corrected chi connectivity index (χ2v) is 11.5. The lowest BCUT2D eigenvalue weighted by atomic mass is 9.44. The number of rotatable bonds is 7. The minimum atomic E-state index is -2.07. The molecule has 4 rings (SSSR count). The topological polar surface area (TPSA) is 138 Å². The van der Waals surface area contributed by atoms with Crippen LogP contribution in [0, 0.1) is 28.6 Å². The lowest BCUT2D eigenvalue weighted by Gasteiger charge is -2.62. The van der Waals surface area contributed by atoms with Crippen LogP contribution in [-0.2, 0) is 23.9 Å². The van der Waals surface area contributed by atoms with Crippen molar-refractivity contribution in [1.82, 2.24) is 0 Å². The Morgan fingerprint density at radius 3 is 2.56 bits per heavy atom. The molecule has 4 aliphatic carbocycles. The van der Waals surface area contributed by atoms with Crippen molar-refractivity contribution < 1.29 is 43.6 Å². The van der Waals surface area contributed by atoms with Crippen molar-refractivity contribution in [3.63, 3.8) is 0 Å². The Hall–Kier alpha value is -2.39. The quantitative estimate of drug-likeness (QED) is 0.448. The third kappa shape index (κ3) is 3.61. The monoisotopic (exact) mass is 506 g/mol. The zero-order chi connectivity index (χ0) is 26.7. The van der Waals surface area contributed by atoms with Crippen LogP contribution in [0.3, 0.4) is 0 Å². The van der Waals surface area contributed by atoms with Crippen molar-refractivity contribution in [3.05, 3.63) is 23.8 Å². The molecule has 198 valence electrons. The van der Waals surface area contributed by atoms with E-state index in [1.165, 1.54) is 12.2 Å². The Bertz CT molecular complexity index is 1050. The van der Waals surface area contributed by atoms with Crippen LogP contribution in [0.4, 0.5) is 4.39 Å². The maximum absolute atomic E-state index is 17.1. The predicted octanol–water partition coefficient (Wildman–Crippen LogP) is 2.70. The van der Waals surface area contributed by atoms with E-state index in [1.54, 1.807) is 26.8 Å². The Morgan fingerprint density at radius 2 is 1.89 bits per heavy atom. The molecule has 36 heavy (non-hydrogen) atoms. The molecule has 0 heterocycles. The van der Waals surface area contributed by atoms with Crippen molar-refractivity contribution in [2.75, 3.05) is 6.61 Å². The van der Waals surface area contributed by atoms with Crippen LogP contribution < -0.4 is 0 Å². The number of carboxylic acid groups (broad SMARTS) is 1. The molecule has 4 aliphatic rings. The van der Waals surface area contributed by atoms with Gasteiger partial charge in [-0.25, -0.2) is 4.39 Å². The second kappa shape index (κ2) is 8.87. The van der Waals surface area contributed by atoms with Crippen molar-refractivity contribution in [1.29, 1.82) is 0 Å². The normalized spacial score (nSPS) is 43.2. The van der Waals surface area contributed by atoms with Gasteiger partial charge in [0, 0.05) is 29.6 Å². The largest absolute Gasteiger partial charge is 0.481 e. The summed E-state index contributed by atoms with van der Waals surface area (Å²) < 4.78 is 22.2. The smallest absolute Gasteiger partial charge is 0.306 e. The number of aliphatic hydroxyl groups is 2. The van der Waals surface area contributed by atoms with Gasteiger partial charge >= 0.3 is 11.9 Å². The summed E-state index contributed by atoms with van der Waals surface area (Å²) in [6, 6.07) is 0. The van der Waals surface area contributed by atoms with E-state index >= 15 is 4.39 Å². The number of ether oxygens (including phenoxy) is 1. The average Bonchev–Trinajstić information content (AvgIpc) is 3.00. The molecule has 0 spiro atoms. The van der Waals surface area contributed by atoms with E-state index in [1.807, 2.05) is 0 Å². The highest BCUT2D eigenvalue weighted by Crippen LogP contribution is 2.70. The number of carbonyl (C=O) groups is 4. The van der Waals surface area contributed by atoms with Crippen LogP contribution in [0.5, 0.6) is 0 Å². The summed E-state index contributed by atoms with van der Waals surface area (Å²) >= 11 is 0. The fourth-order valence-electron chi connectivity index (χ4n) is 7.85. The Morgan fingerprint density at radius 1 is 1.19 bits per heavy atom. The highest BCUT2D eigenvalue weighted by Gasteiger charge is 2.75. The van der Waals surface area contributed by atoms with E-state index in [-0.39, 0.29) is 31.5 Å². The number of alkyl halides is 1. The summed E-state index contributed by atoms with van der Waals surface area (Å²) in [4.78, 5) is 47.9. The van der Waals surface area contributed by atoms with Crippen LogP contribution in [0.25, 0.3) is 0 Å². The third-order valence-corrected chi connectivity index (χ3v) is 9.78. The summed E-state index contributed by atoms with van der Waals surface area (Å²) in [7, 11) is 0. The van der Waals surface area contributed by atoms with Crippen LogP contribution in [-0.4, -0.2) is 62.8 Å². The molecule has 3 fully saturated rings. The zero-order valence-corrected chi connectivity index (χ0v) is 21.0. The van der Waals surface area contributed by atoms with Crippen molar-refractivity contribution >= 4 is 23.5 Å². The van der Waals surface area contributed by atoms with E-state index in [0.717, 1.165) is 0 Å². The van der Waals surface area contributed by atoms with Crippen LogP contribution >= 0.6 is 0 Å². The number of carbonyl (C=O) groups excluding carboxylic acids is 3. The van der Waals surface area contributed by atoms with Gasteiger partial charge in [0.1, 0.15) is 5.60 Å². The minimum absolute atomic E-state index is 0.0739. The fraction of sp³-hybridized carbons (Fsp3) is 0.704. The molecule has 3 saturated carbocycles. The van der Waals surface area contributed by atoms with Gasteiger partial charge in [-0.1, -0.05) is 25.5 Å². The number of allylic oxidation sites excluding steroid dienone is 4. The van der Waals surface area contributed by atoms with Crippen molar-refractivity contribution in [3.8, 4) is 0 Å². The van der Waals surface area contributed by atoms with E-state index in [0.29, 0.717) is 24.8 Å². The summed E-state index contributed by atoms with van der Waals surface area (Å²) in [5.41, 5.74) is -5.65. The van der Waals surface area contributed by atoms with Gasteiger partial charge in [-0.05, 0) is 63.0 Å². The van der Waals surface area contributed by atoms with Crippen LogP contribution in [0.2, 0.25) is 0 Å². The fourth-order valence-corrected chi connectivity index (χ4v) is 7.85. The Kier molecular flexibility index (Phi) is 6.57. The van der Waals surface area contributed by atoms with Gasteiger partial charge in [-0.15, -0.1) is 0 Å². The number of Topliss-reactive ketones (excluding diaryl/α,β-unsaturated/α-hetero) is 1. The number of ketones is 2. The number of carboxylic acids is 1. The lowest BCUT2D eigenvalue weighted by Crippen LogP contribution is -2.69. The second-order valence-electron chi connectivity index (χ2n) is 11.5. The molecule has 0 bridgehead atoms. The van der Waals surface area contributed by atoms with Gasteiger partial charge in [-0.3, -0.25) is 19.2 Å². The Labute approximate surface area is 209 Å². The van der Waals surface area contributed by atoms with Gasteiger partial charge in [-0.2, -0.15) is 0 Å². The predicted molar refractivity (Wildman–Crippen MR) is 125 cm³/mol. The number of esters is 1. The molecule has 0 saturated heterocycles. The third-order valence-electron chi connectivity index (χ3n) is 9.78. The first-order chi connectivity index (χ1) is 16.7. The molecule has 8 nitrogen and oxygen atoms in total. The molecular formula is C27H35FO8. The molecule has 9 heteroatoms. The number of hydrogen-bond acceptors (Lipinski definition) is 7. The highest BCUT2D eigenvalue weighted by molar-refractivity contribution is 6.01. The summed E-state index contributed by atoms with van der Waals surface area (Å²) in [6.07, 6.45) is 3.65.